The van der Waals surface area contributed by atoms with Gasteiger partial charge in [0.1, 0.15) is 13.2 Å². The molecule has 0 bridgehead atoms. The zero-order valence-corrected chi connectivity index (χ0v) is 50.4. The number of quaternary nitrogens is 1. The van der Waals surface area contributed by atoms with Crippen LogP contribution in [0.5, 0.6) is 0 Å². The van der Waals surface area contributed by atoms with Gasteiger partial charge in [-0.05, 0) is 70.6 Å². The molecular formula is C66H120N2O6P+. The van der Waals surface area contributed by atoms with E-state index in [9.17, 15) is 19.4 Å². The molecule has 9 heteroatoms. The van der Waals surface area contributed by atoms with Crippen molar-refractivity contribution in [2.75, 3.05) is 40.9 Å². The molecule has 75 heavy (non-hydrogen) atoms. The van der Waals surface area contributed by atoms with Crippen molar-refractivity contribution in [3.63, 3.8) is 0 Å². The van der Waals surface area contributed by atoms with Gasteiger partial charge in [0.25, 0.3) is 0 Å². The highest BCUT2D eigenvalue weighted by atomic mass is 31.2. The summed E-state index contributed by atoms with van der Waals surface area (Å²) in [5, 5.41) is 13.9. The molecule has 0 heterocycles. The molecule has 0 radical (unpaired) electrons. The first kappa shape index (κ1) is 72.4. The summed E-state index contributed by atoms with van der Waals surface area (Å²) in [5.74, 6) is -0.235. The molecule has 0 aliphatic carbocycles. The van der Waals surface area contributed by atoms with Gasteiger partial charge >= 0.3 is 7.82 Å². The summed E-state index contributed by atoms with van der Waals surface area (Å²) in [4.78, 5) is 23.3. The first-order valence-corrected chi connectivity index (χ1v) is 32.6. The number of phosphoric ester groups is 1. The van der Waals surface area contributed by atoms with Gasteiger partial charge in [-0.15, -0.1) is 0 Å². The molecule has 0 rings (SSSR count). The second-order valence-corrected chi connectivity index (χ2v) is 23.5. The largest absolute Gasteiger partial charge is 0.472 e. The van der Waals surface area contributed by atoms with E-state index in [1.54, 1.807) is 6.08 Å². The third-order valence-electron chi connectivity index (χ3n) is 13.6. The Kier molecular flexibility index (Phi) is 54.2. The molecule has 1 amide bonds. The first-order chi connectivity index (χ1) is 36.5. The molecule has 0 saturated heterocycles. The highest BCUT2D eigenvalue weighted by Crippen LogP contribution is 2.43. The molecule has 0 aliphatic rings. The van der Waals surface area contributed by atoms with Gasteiger partial charge in [0, 0.05) is 6.42 Å². The number of allylic oxidation sites excluding steroid dienone is 15. The van der Waals surface area contributed by atoms with E-state index in [0.29, 0.717) is 17.4 Å². The number of aliphatic hydroxyl groups is 1. The van der Waals surface area contributed by atoms with E-state index in [2.05, 4.69) is 104 Å². The van der Waals surface area contributed by atoms with E-state index in [0.717, 1.165) is 70.6 Å². The number of nitrogens with one attached hydrogen (secondary N) is 1. The molecule has 0 fully saturated rings. The smallest absolute Gasteiger partial charge is 0.387 e. The lowest BCUT2D eigenvalue weighted by Gasteiger charge is -2.25. The van der Waals surface area contributed by atoms with Crippen molar-refractivity contribution in [3.8, 4) is 0 Å². The molecule has 3 N–H and O–H groups in total. The van der Waals surface area contributed by atoms with Crippen LogP contribution in [0.4, 0.5) is 0 Å². The minimum absolute atomic E-state index is 0.0457. The first-order valence-electron chi connectivity index (χ1n) is 31.1. The van der Waals surface area contributed by atoms with Crippen molar-refractivity contribution in [3.05, 3.63) is 97.2 Å². The number of rotatable bonds is 56. The molecule has 0 aromatic carbocycles. The van der Waals surface area contributed by atoms with Crippen LogP contribution in [0.3, 0.4) is 0 Å². The molecule has 0 aliphatic heterocycles. The number of aliphatic hydroxyl groups excluding tert-OH is 1. The Hall–Kier alpha value is -2.58. The molecule has 0 spiro atoms. The molecule has 0 aromatic rings. The molecule has 434 valence electrons. The Balaban J connectivity index is 4.24. The second-order valence-electron chi connectivity index (χ2n) is 22.1. The van der Waals surface area contributed by atoms with Crippen molar-refractivity contribution in [2.24, 2.45) is 0 Å². The van der Waals surface area contributed by atoms with Crippen LogP contribution >= 0.6 is 7.82 Å². The number of unbranched alkanes of at least 4 members (excludes halogenated alkanes) is 29. The number of nitrogens with zero attached hydrogens (tertiary/aromatic N) is 1. The highest BCUT2D eigenvalue weighted by molar-refractivity contribution is 7.47. The quantitative estimate of drug-likeness (QED) is 0.0243. The summed E-state index contributed by atoms with van der Waals surface area (Å²) in [6, 6.07) is -0.886. The van der Waals surface area contributed by atoms with Crippen molar-refractivity contribution in [2.45, 2.75) is 276 Å². The maximum atomic E-state index is 13.0. The minimum atomic E-state index is -4.37. The number of amides is 1. The molecule has 0 saturated carbocycles. The van der Waals surface area contributed by atoms with E-state index < -0.39 is 20.0 Å². The fourth-order valence-corrected chi connectivity index (χ4v) is 9.47. The maximum Gasteiger partial charge on any atom is 0.472 e. The number of carbonyl (C=O) groups excluding carboxylic acids is 1. The number of hydrogen-bond acceptors (Lipinski definition) is 5. The van der Waals surface area contributed by atoms with Gasteiger partial charge in [0.05, 0.1) is 39.9 Å². The third kappa shape index (κ3) is 58.9. The third-order valence-corrected chi connectivity index (χ3v) is 14.5. The van der Waals surface area contributed by atoms with E-state index in [-0.39, 0.29) is 25.5 Å². The number of phosphoric acid groups is 1. The molecular weight excluding hydrogens is 948 g/mol. The Morgan fingerprint density at radius 1 is 0.467 bits per heavy atom. The monoisotopic (exact) mass is 1070 g/mol. The van der Waals surface area contributed by atoms with Crippen LogP contribution in [0.2, 0.25) is 0 Å². The topological polar surface area (TPSA) is 105 Å². The van der Waals surface area contributed by atoms with Gasteiger partial charge in [-0.3, -0.25) is 13.8 Å². The van der Waals surface area contributed by atoms with Crippen LogP contribution in [0.1, 0.15) is 264 Å². The second kappa shape index (κ2) is 56.2. The van der Waals surface area contributed by atoms with E-state index in [1.165, 1.54) is 167 Å². The van der Waals surface area contributed by atoms with Crippen molar-refractivity contribution in [1.29, 1.82) is 0 Å². The predicted molar refractivity (Wildman–Crippen MR) is 327 cm³/mol. The SMILES string of the molecule is CC/C=C\C/C=C\C/C=C\C/C=C\C/C=C\C/C=C\C/C=C\CCCC(=O)NC(COP(=O)(O)OCC[N+](C)(C)C)C(O)/C=C/CCCCCCCCCCCCCCCCCCCCCCCCCCCCCC. The Morgan fingerprint density at radius 2 is 0.800 bits per heavy atom. The molecule has 3 atom stereocenters. The van der Waals surface area contributed by atoms with Gasteiger partial charge < -0.3 is 19.8 Å². The normalized spacial score (nSPS) is 14.5. The lowest BCUT2D eigenvalue weighted by atomic mass is 10.0. The molecule has 8 nitrogen and oxygen atoms in total. The van der Waals surface area contributed by atoms with Crippen LogP contribution < -0.4 is 5.32 Å². The van der Waals surface area contributed by atoms with Gasteiger partial charge in [-0.1, -0.05) is 284 Å². The van der Waals surface area contributed by atoms with Crippen LogP contribution in [0.15, 0.2) is 97.2 Å². The summed E-state index contributed by atoms with van der Waals surface area (Å²) in [6.45, 7) is 4.67. The summed E-state index contributed by atoms with van der Waals surface area (Å²) >= 11 is 0. The Morgan fingerprint density at radius 3 is 1.16 bits per heavy atom. The zero-order valence-electron chi connectivity index (χ0n) is 49.5. The van der Waals surface area contributed by atoms with Crippen LogP contribution in [0.25, 0.3) is 0 Å². The van der Waals surface area contributed by atoms with Gasteiger partial charge in [0.15, 0.2) is 0 Å². The fraction of sp³-hybridized carbons (Fsp3) is 0.742. The van der Waals surface area contributed by atoms with Crippen LogP contribution in [-0.2, 0) is 18.4 Å². The van der Waals surface area contributed by atoms with Crippen molar-refractivity contribution >= 4 is 13.7 Å². The number of hydrogen-bond donors (Lipinski definition) is 3. The van der Waals surface area contributed by atoms with E-state index in [4.69, 9.17) is 9.05 Å². The fourth-order valence-electron chi connectivity index (χ4n) is 8.74. The Bertz CT molecular complexity index is 1540. The molecule has 3 unspecified atom stereocenters. The summed E-state index contributed by atoms with van der Waals surface area (Å²) in [7, 11) is 1.53. The predicted octanol–water partition coefficient (Wildman–Crippen LogP) is 19.4. The average molecular weight is 1070 g/mol. The maximum absolute atomic E-state index is 13.0. The molecule has 0 aromatic heterocycles. The highest BCUT2D eigenvalue weighted by Gasteiger charge is 2.27. The van der Waals surface area contributed by atoms with Crippen LogP contribution in [0, 0.1) is 0 Å². The lowest BCUT2D eigenvalue weighted by molar-refractivity contribution is -0.870. The average Bonchev–Trinajstić information content (AvgIpc) is 3.37. The van der Waals surface area contributed by atoms with Crippen molar-refractivity contribution in [1.82, 2.24) is 5.32 Å². The zero-order chi connectivity index (χ0) is 54.9. The Labute approximate surface area is 464 Å². The standard InChI is InChI=1S/C66H119N2O6P/c1-6-8-10-12-14-16-18-20-22-24-26-28-30-31-32-33-34-35-36-38-39-41-43-45-47-49-51-53-55-57-59-65(69)64(63-74-75(71,72)73-62-61-68(3,4)5)67-66(70)60-58-56-54-52-50-48-46-44-42-40-37-29-27-25-23-21-19-17-15-13-11-9-7-2/h9,11,15,17,21,23,27,29,40,42,46,48,52,54,57,59,64-65,69H,6-8,10,12-14,16,18-20,22,24-26,28,30-39,41,43-45,47,49-51,53,55-56,58,60-63H2,1-5H3,(H-,67,70,71,72)/p+1/b11-9-,17-15-,23-21-,29-27-,42-40-,48-46-,54-52-,59-57+. The van der Waals surface area contributed by atoms with Crippen LogP contribution in [-0.4, -0.2) is 73.4 Å². The van der Waals surface area contributed by atoms with Gasteiger partial charge in [-0.2, -0.15) is 0 Å². The van der Waals surface area contributed by atoms with E-state index >= 15 is 0 Å². The summed E-state index contributed by atoms with van der Waals surface area (Å²) in [5.41, 5.74) is 0. The number of carbonyl (C=O) groups is 1. The van der Waals surface area contributed by atoms with Gasteiger partial charge in [0.2, 0.25) is 5.91 Å². The minimum Gasteiger partial charge on any atom is -0.387 e. The summed E-state index contributed by atoms with van der Waals surface area (Å²) in [6.07, 6.45) is 81.1. The van der Waals surface area contributed by atoms with E-state index in [1.807, 2.05) is 27.2 Å². The van der Waals surface area contributed by atoms with Crippen molar-refractivity contribution < 1.29 is 32.9 Å². The lowest BCUT2D eigenvalue weighted by Crippen LogP contribution is -2.45. The number of likely N-dealkylation sites (N-methyl/N-ethyl adjacent to an activating group) is 1. The summed E-state index contributed by atoms with van der Waals surface area (Å²) < 4.78 is 23.7. The van der Waals surface area contributed by atoms with Gasteiger partial charge in [-0.25, -0.2) is 4.57 Å².